The fourth-order valence-corrected chi connectivity index (χ4v) is 2.71. The Morgan fingerprint density at radius 2 is 1.78 bits per heavy atom. The maximum absolute atomic E-state index is 13.9. The number of rotatable bonds is 2. The van der Waals surface area contributed by atoms with Gasteiger partial charge in [0.1, 0.15) is 11.6 Å². The average molecular weight is 276 g/mol. The predicted octanol–water partition coefficient (Wildman–Crippen LogP) is 4.28. The first-order chi connectivity index (χ1) is 8.11. The molecule has 1 aliphatic carbocycles. The Kier molecular flexibility index (Phi) is 5.54. The first-order valence-electron chi connectivity index (χ1n) is 6.31. The molecule has 0 amide bonds. The van der Waals surface area contributed by atoms with E-state index in [1.54, 1.807) is 6.92 Å². The molecule has 1 fully saturated rings. The molecule has 0 unspecified atom stereocenters. The number of nitrogens with two attached hydrogens (primary N) is 1. The molecule has 1 aliphatic rings. The van der Waals surface area contributed by atoms with E-state index < -0.39 is 17.7 Å². The number of hydrogen-bond donors (Lipinski definition) is 1. The lowest BCUT2D eigenvalue weighted by atomic mass is 9.81. The molecule has 0 spiro atoms. The highest BCUT2D eigenvalue weighted by atomic mass is 35.5. The zero-order valence-corrected chi connectivity index (χ0v) is 11.4. The minimum absolute atomic E-state index is 0. The lowest BCUT2D eigenvalue weighted by molar-refractivity contribution is 0.298. The molecule has 1 atom stereocenters. The van der Waals surface area contributed by atoms with E-state index in [0.717, 1.165) is 25.7 Å². The van der Waals surface area contributed by atoms with Gasteiger partial charge in [0.05, 0.1) is 0 Å². The zero-order chi connectivity index (χ0) is 12.4. The Labute approximate surface area is 113 Å². The largest absolute Gasteiger partial charge is 0.324 e. The monoisotopic (exact) mass is 275 g/mol. The van der Waals surface area contributed by atoms with Crippen LogP contribution in [0.25, 0.3) is 0 Å². The molecule has 0 aliphatic heterocycles. The molecule has 0 saturated heterocycles. The number of aryl methyl sites for hydroxylation is 1. The van der Waals surface area contributed by atoms with Crippen LogP contribution in [0.2, 0.25) is 0 Å². The SMILES string of the molecule is Cc1ccc(F)c([C@H](N)C2CCCCC2)c1F.Cl. The summed E-state index contributed by atoms with van der Waals surface area (Å²) in [6.45, 7) is 1.64. The maximum Gasteiger partial charge on any atom is 0.133 e. The molecule has 0 bridgehead atoms. The van der Waals surface area contributed by atoms with Crippen LogP contribution < -0.4 is 5.73 Å². The van der Waals surface area contributed by atoms with Crippen LogP contribution in [-0.4, -0.2) is 0 Å². The third-order valence-electron chi connectivity index (χ3n) is 3.81. The molecule has 1 aromatic rings. The Morgan fingerprint density at radius 3 is 2.39 bits per heavy atom. The van der Waals surface area contributed by atoms with Crippen molar-refractivity contribution in [3.8, 4) is 0 Å². The van der Waals surface area contributed by atoms with E-state index in [9.17, 15) is 8.78 Å². The van der Waals surface area contributed by atoms with Gasteiger partial charge in [-0.05, 0) is 37.3 Å². The molecule has 2 N–H and O–H groups in total. The molecule has 0 heterocycles. The maximum atomic E-state index is 13.9. The van der Waals surface area contributed by atoms with Gasteiger partial charge < -0.3 is 5.73 Å². The summed E-state index contributed by atoms with van der Waals surface area (Å²) in [5.74, 6) is -0.760. The smallest absolute Gasteiger partial charge is 0.133 e. The fourth-order valence-electron chi connectivity index (χ4n) is 2.71. The molecule has 0 aromatic heterocycles. The summed E-state index contributed by atoms with van der Waals surface area (Å²) in [5.41, 5.74) is 6.61. The first-order valence-corrected chi connectivity index (χ1v) is 6.31. The summed E-state index contributed by atoms with van der Waals surface area (Å²) in [5, 5.41) is 0. The second-order valence-corrected chi connectivity index (χ2v) is 5.02. The summed E-state index contributed by atoms with van der Waals surface area (Å²) in [7, 11) is 0. The fraction of sp³-hybridized carbons (Fsp3) is 0.571. The van der Waals surface area contributed by atoms with Crippen molar-refractivity contribution in [2.45, 2.75) is 45.1 Å². The van der Waals surface area contributed by atoms with Crippen molar-refractivity contribution in [1.82, 2.24) is 0 Å². The zero-order valence-electron chi connectivity index (χ0n) is 10.6. The van der Waals surface area contributed by atoms with Gasteiger partial charge in [0.2, 0.25) is 0 Å². The van der Waals surface area contributed by atoms with Crippen molar-refractivity contribution in [3.63, 3.8) is 0 Å². The molecule has 102 valence electrons. The van der Waals surface area contributed by atoms with Gasteiger partial charge in [-0.25, -0.2) is 8.78 Å². The highest BCUT2D eigenvalue weighted by Crippen LogP contribution is 2.35. The summed E-state index contributed by atoms with van der Waals surface area (Å²) < 4.78 is 27.7. The molecule has 18 heavy (non-hydrogen) atoms. The second-order valence-electron chi connectivity index (χ2n) is 5.02. The van der Waals surface area contributed by atoms with Crippen molar-refractivity contribution < 1.29 is 8.78 Å². The van der Waals surface area contributed by atoms with E-state index in [-0.39, 0.29) is 23.9 Å². The van der Waals surface area contributed by atoms with Gasteiger partial charge in [-0.15, -0.1) is 12.4 Å². The normalized spacial score (nSPS) is 18.2. The predicted molar refractivity (Wildman–Crippen MR) is 71.8 cm³/mol. The highest BCUT2D eigenvalue weighted by molar-refractivity contribution is 5.85. The molecular weight excluding hydrogens is 256 g/mol. The van der Waals surface area contributed by atoms with E-state index in [1.807, 2.05) is 0 Å². The quantitative estimate of drug-likeness (QED) is 0.857. The van der Waals surface area contributed by atoms with Crippen LogP contribution in [0, 0.1) is 24.5 Å². The van der Waals surface area contributed by atoms with Gasteiger partial charge in [0, 0.05) is 11.6 Å². The van der Waals surface area contributed by atoms with Crippen LogP contribution in [0.1, 0.15) is 49.3 Å². The van der Waals surface area contributed by atoms with Gasteiger partial charge in [-0.3, -0.25) is 0 Å². The highest BCUT2D eigenvalue weighted by Gasteiger charge is 2.27. The minimum Gasteiger partial charge on any atom is -0.324 e. The van der Waals surface area contributed by atoms with Gasteiger partial charge in [0.25, 0.3) is 0 Å². The van der Waals surface area contributed by atoms with Crippen LogP contribution >= 0.6 is 12.4 Å². The van der Waals surface area contributed by atoms with Crippen LogP contribution in [0.4, 0.5) is 8.78 Å². The summed E-state index contributed by atoms with van der Waals surface area (Å²) in [6, 6.07) is 2.27. The Morgan fingerprint density at radius 1 is 1.17 bits per heavy atom. The van der Waals surface area contributed by atoms with Gasteiger partial charge >= 0.3 is 0 Å². The van der Waals surface area contributed by atoms with Gasteiger partial charge in [0.15, 0.2) is 0 Å². The number of halogens is 3. The summed E-state index contributed by atoms with van der Waals surface area (Å²) in [4.78, 5) is 0. The molecule has 4 heteroatoms. The van der Waals surface area contributed by atoms with Gasteiger partial charge in [-0.2, -0.15) is 0 Å². The van der Waals surface area contributed by atoms with Crippen molar-refractivity contribution in [2.75, 3.05) is 0 Å². The molecule has 0 radical (unpaired) electrons. The van der Waals surface area contributed by atoms with E-state index in [0.29, 0.717) is 5.56 Å². The standard InChI is InChI=1S/C14H19F2N.ClH/c1-9-7-8-11(15)12(13(9)16)14(17)10-5-3-2-4-6-10;/h7-8,10,14H,2-6,17H2,1H3;1H/t14-;/m1./s1. The first kappa shape index (κ1) is 15.4. The second kappa shape index (κ2) is 6.48. The Balaban J connectivity index is 0.00000162. The Hall–Kier alpha value is -0.670. The van der Waals surface area contributed by atoms with E-state index in [1.165, 1.54) is 18.6 Å². The third-order valence-corrected chi connectivity index (χ3v) is 3.81. The lowest BCUT2D eigenvalue weighted by Crippen LogP contribution is -2.25. The summed E-state index contributed by atoms with van der Waals surface area (Å²) >= 11 is 0. The van der Waals surface area contributed by atoms with Crippen LogP contribution in [0.15, 0.2) is 12.1 Å². The third kappa shape index (κ3) is 3.01. The lowest BCUT2D eigenvalue weighted by Gasteiger charge is -2.28. The van der Waals surface area contributed by atoms with E-state index in [4.69, 9.17) is 5.73 Å². The van der Waals surface area contributed by atoms with Crippen molar-refractivity contribution in [3.05, 3.63) is 34.9 Å². The molecule has 1 aromatic carbocycles. The van der Waals surface area contributed by atoms with Crippen LogP contribution in [0.5, 0.6) is 0 Å². The molecule has 1 nitrogen and oxygen atoms in total. The average Bonchev–Trinajstić information content (AvgIpc) is 2.35. The van der Waals surface area contributed by atoms with Crippen molar-refractivity contribution in [2.24, 2.45) is 11.7 Å². The summed E-state index contributed by atoms with van der Waals surface area (Å²) in [6.07, 6.45) is 5.41. The topological polar surface area (TPSA) is 26.0 Å². The van der Waals surface area contributed by atoms with Crippen LogP contribution in [-0.2, 0) is 0 Å². The van der Waals surface area contributed by atoms with Crippen molar-refractivity contribution >= 4 is 12.4 Å². The van der Waals surface area contributed by atoms with E-state index >= 15 is 0 Å². The van der Waals surface area contributed by atoms with Crippen molar-refractivity contribution in [1.29, 1.82) is 0 Å². The molecular formula is C14H20ClF2N. The minimum atomic E-state index is -0.508. The molecule has 2 rings (SSSR count). The molecule has 1 saturated carbocycles. The number of hydrogen-bond acceptors (Lipinski definition) is 1. The van der Waals surface area contributed by atoms with E-state index in [2.05, 4.69) is 0 Å². The van der Waals surface area contributed by atoms with Crippen LogP contribution in [0.3, 0.4) is 0 Å². The van der Waals surface area contributed by atoms with Gasteiger partial charge in [-0.1, -0.05) is 25.3 Å². The number of benzene rings is 1. The Bertz CT molecular complexity index is 403.